The summed E-state index contributed by atoms with van der Waals surface area (Å²) >= 11 is 0. The molecule has 1 spiro atoms. The number of anilines is 1. The van der Waals surface area contributed by atoms with Gasteiger partial charge in [0.2, 0.25) is 0 Å². The van der Waals surface area contributed by atoms with E-state index >= 15 is 0 Å². The third-order valence-electron chi connectivity index (χ3n) is 3.93. The highest BCUT2D eigenvalue weighted by molar-refractivity contribution is 5.70. The lowest BCUT2D eigenvalue weighted by molar-refractivity contribution is -0.0463. The Bertz CT molecular complexity index is 533. The van der Waals surface area contributed by atoms with Crippen LogP contribution < -0.4 is 4.90 Å². The van der Waals surface area contributed by atoms with Gasteiger partial charge in [0.05, 0.1) is 5.69 Å². The van der Waals surface area contributed by atoms with Gasteiger partial charge in [-0.1, -0.05) is 6.92 Å². The predicted octanol–water partition coefficient (Wildman–Crippen LogP) is 2.29. The summed E-state index contributed by atoms with van der Waals surface area (Å²) in [6.07, 6.45) is 2.39. The molecule has 0 bridgehead atoms. The lowest BCUT2D eigenvalue weighted by Gasteiger charge is -2.59. The quantitative estimate of drug-likeness (QED) is 0.837. The Balaban J connectivity index is 1.48. The molecule has 116 valence electrons. The molecule has 0 saturated carbocycles. The second-order valence-corrected chi connectivity index (χ2v) is 7.17. The summed E-state index contributed by atoms with van der Waals surface area (Å²) in [7, 11) is 0. The Morgan fingerprint density at radius 1 is 1.38 bits per heavy atom. The van der Waals surface area contributed by atoms with Gasteiger partial charge in [0.1, 0.15) is 11.9 Å². The van der Waals surface area contributed by atoms with Gasteiger partial charge < -0.3 is 19.0 Å². The third kappa shape index (κ3) is 2.71. The highest BCUT2D eigenvalue weighted by Crippen LogP contribution is 2.42. The summed E-state index contributed by atoms with van der Waals surface area (Å²) < 4.78 is 10.8. The maximum Gasteiger partial charge on any atom is 0.410 e. The zero-order valence-corrected chi connectivity index (χ0v) is 13.2. The molecule has 3 rings (SSSR count). The summed E-state index contributed by atoms with van der Waals surface area (Å²) in [4.78, 5) is 20.3. The molecule has 21 heavy (non-hydrogen) atoms. The van der Waals surface area contributed by atoms with Crippen LogP contribution in [0.3, 0.4) is 0 Å². The number of likely N-dealkylation sites (tertiary alicyclic amines) is 1. The van der Waals surface area contributed by atoms with Gasteiger partial charge in [0.25, 0.3) is 6.01 Å². The smallest absolute Gasteiger partial charge is 0.410 e. The fourth-order valence-corrected chi connectivity index (χ4v) is 2.92. The van der Waals surface area contributed by atoms with Crippen LogP contribution in [0.15, 0.2) is 10.7 Å². The zero-order chi connectivity index (χ0) is 15.3. The lowest BCUT2D eigenvalue weighted by atomic mass is 9.73. The van der Waals surface area contributed by atoms with Gasteiger partial charge in [-0.2, -0.15) is 4.98 Å². The Morgan fingerprint density at radius 3 is 2.57 bits per heavy atom. The average Bonchev–Trinajstić information content (AvgIpc) is 2.71. The van der Waals surface area contributed by atoms with E-state index < -0.39 is 5.60 Å². The second-order valence-electron chi connectivity index (χ2n) is 7.17. The van der Waals surface area contributed by atoms with Crippen LogP contribution in [-0.2, 0) is 11.2 Å². The predicted molar refractivity (Wildman–Crippen MR) is 78.3 cm³/mol. The number of rotatable bonds is 2. The summed E-state index contributed by atoms with van der Waals surface area (Å²) in [5.41, 5.74) is 0.757. The molecule has 0 aliphatic carbocycles. The molecule has 0 N–H and O–H groups in total. The Hall–Kier alpha value is -1.72. The molecule has 0 atom stereocenters. The minimum Gasteiger partial charge on any atom is -0.444 e. The molecule has 1 aromatic heterocycles. The van der Waals surface area contributed by atoms with Crippen molar-refractivity contribution < 1.29 is 13.9 Å². The largest absolute Gasteiger partial charge is 0.444 e. The molecule has 0 aromatic carbocycles. The highest BCUT2D eigenvalue weighted by Gasteiger charge is 2.55. The van der Waals surface area contributed by atoms with Crippen molar-refractivity contribution in [3.8, 4) is 0 Å². The van der Waals surface area contributed by atoms with E-state index in [4.69, 9.17) is 9.15 Å². The first-order valence-corrected chi connectivity index (χ1v) is 7.48. The van der Waals surface area contributed by atoms with Crippen LogP contribution in [0, 0.1) is 5.41 Å². The topological polar surface area (TPSA) is 58.8 Å². The lowest BCUT2D eigenvalue weighted by Crippen LogP contribution is -2.73. The fourth-order valence-electron chi connectivity index (χ4n) is 2.92. The van der Waals surface area contributed by atoms with Gasteiger partial charge in [0, 0.05) is 31.6 Å². The van der Waals surface area contributed by atoms with Crippen molar-refractivity contribution in [1.29, 1.82) is 0 Å². The van der Waals surface area contributed by atoms with Gasteiger partial charge in [-0.05, 0) is 27.2 Å². The van der Waals surface area contributed by atoms with E-state index in [1.807, 2.05) is 20.8 Å². The summed E-state index contributed by atoms with van der Waals surface area (Å²) in [5.74, 6) is 0. The molecule has 1 aromatic rings. The number of ether oxygens (including phenoxy) is 1. The second kappa shape index (κ2) is 4.64. The van der Waals surface area contributed by atoms with Gasteiger partial charge in [-0.25, -0.2) is 4.79 Å². The van der Waals surface area contributed by atoms with Crippen molar-refractivity contribution in [3.63, 3.8) is 0 Å². The molecule has 0 radical (unpaired) electrons. The van der Waals surface area contributed by atoms with Gasteiger partial charge >= 0.3 is 6.09 Å². The van der Waals surface area contributed by atoms with E-state index in [1.54, 1.807) is 11.2 Å². The molecule has 2 aliphatic heterocycles. The average molecular weight is 293 g/mol. The molecular weight excluding hydrogens is 270 g/mol. The first-order chi connectivity index (χ1) is 9.80. The van der Waals surface area contributed by atoms with Gasteiger partial charge in [-0.15, -0.1) is 0 Å². The van der Waals surface area contributed by atoms with E-state index in [-0.39, 0.29) is 11.5 Å². The first kappa shape index (κ1) is 14.2. The highest BCUT2D eigenvalue weighted by atomic mass is 16.6. The zero-order valence-electron chi connectivity index (χ0n) is 13.2. The maximum absolute atomic E-state index is 11.9. The SMILES string of the molecule is CCc1coc(N2CC3(CN(C(=O)OC(C)(C)C)C3)C2)n1. The normalized spacial score (nSPS) is 20.2. The van der Waals surface area contributed by atoms with Gasteiger partial charge in [0.15, 0.2) is 0 Å². The Morgan fingerprint density at radius 2 is 2.05 bits per heavy atom. The number of carbonyl (C=O) groups excluding carboxylic acids is 1. The van der Waals surface area contributed by atoms with Crippen LogP contribution in [0.5, 0.6) is 0 Å². The van der Waals surface area contributed by atoms with Crippen LogP contribution >= 0.6 is 0 Å². The summed E-state index contributed by atoms with van der Waals surface area (Å²) in [6, 6.07) is 0.702. The summed E-state index contributed by atoms with van der Waals surface area (Å²) in [5, 5.41) is 0. The molecule has 2 fully saturated rings. The molecule has 1 amide bonds. The van der Waals surface area contributed by atoms with Crippen molar-refractivity contribution >= 4 is 12.1 Å². The monoisotopic (exact) mass is 293 g/mol. The Kier molecular flexibility index (Phi) is 3.15. The van der Waals surface area contributed by atoms with Crippen molar-refractivity contribution in [3.05, 3.63) is 12.0 Å². The van der Waals surface area contributed by atoms with Crippen LogP contribution in [0.1, 0.15) is 33.4 Å². The van der Waals surface area contributed by atoms with E-state index in [9.17, 15) is 4.79 Å². The van der Waals surface area contributed by atoms with Crippen LogP contribution in [0.4, 0.5) is 10.8 Å². The minimum absolute atomic E-state index is 0.206. The molecule has 0 unspecified atom stereocenters. The number of hydrogen-bond donors (Lipinski definition) is 0. The van der Waals surface area contributed by atoms with Gasteiger partial charge in [-0.3, -0.25) is 0 Å². The standard InChI is InChI=1S/C15H23N3O3/c1-5-11-6-20-12(16-11)17-7-15(8-17)9-18(10-15)13(19)21-14(2,3)4/h6H,5,7-10H2,1-4H3. The number of aromatic nitrogens is 1. The number of nitrogens with zero attached hydrogens (tertiary/aromatic N) is 3. The van der Waals surface area contributed by atoms with Crippen molar-refractivity contribution in [2.24, 2.45) is 5.41 Å². The van der Waals surface area contributed by atoms with Crippen molar-refractivity contribution in [2.75, 3.05) is 31.1 Å². The molecular formula is C15H23N3O3. The number of carbonyl (C=O) groups is 1. The summed E-state index contributed by atoms with van der Waals surface area (Å²) in [6.45, 7) is 11.0. The van der Waals surface area contributed by atoms with E-state index in [1.165, 1.54) is 0 Å². The number of hydrogen-bond acceptors (Lipinski definition) is 5. The van der Waals surface area contributed by atoms with E-state index in [0.29, 0.717) is 6.01 Å². The maximum atomic E-state index is 11.9. The molecule has 2 aliphatic rings. The number of aryl methyl sites for hydroxylation is 1. The molecule has 6 heteroatoms. The minimum atomic E-state index is -0.430. The third-order valence-corrected chi connectivity index (χ3v) is 3.93. The van der Waals surface area contributed by atoms with Crippen molar-refractivity contribution in [1.82, 2.24) is 9.88 Å². The Labute approximate surface area is 125 Å². The number of oxazole rings is 1. The first-order valence-electron chi connectivity index (χ1n) is 7.48. The van der Waals surface area contributed by atoms with Crippen LogP contribution in [0.2, 0.25) is 0 Å². The molecule has 6 nitrogen and oxygen atoms in total. The molecule has 2 saturated heterocycles. The number of amides is 1. The van der Waals surface area contributed by atoms with Crippen LogP contribution in [-0.4, -0.2) is 47.8 Å². The molecule has 3 heterocycles. The van der Waals surface area contributed by atoms with E-state index in [2.05, 4.69) is 16.8 Å². The van der Waals surface area contributed by atoms with Crippen LogP contribution in [0.25, 0.3) is 0 Å². The van der Waals surface area contributed by atoms with Crippen molar-refractivity contribution in [2.45, 2.75) is 39.7 Å². The van der Waals surface area contributed by atoms with E-state index in [0.717, 1.165) is 38.3 Å². The fraction of sp³-hybridized carbons (Fsp3) is 0.733.